The fraction of sp³-hybridized carbons (Fsp3) is 0.391. The predicted molar refractivity (Wildman–Crippen MR) is 112 cm³/mol. The zero-order valence-electron chi connectivity index (χ0n) is 15.8. The van der Waals surface area contributed by atoms with Crippen LogP contribution in [0.3, 0.4) is 0 Å². The lowest BCUT2D eigenvalue weighted by molar-refractivity contribution is -0.127. The number of thiazole rings is 1. The first-order valence-corrected chi connectivity index (χ1v) is 10.7. The summed E-state index contributed by atoms with van der Waals surface area (Å²) in [6, 6.07) is 18.6. The molecular weight excluding hydrogens is 352 g/mol. The minimum atomic E-state index is -0.618. The minimum absolute atomic E-state index is 0.125. The molecule has 1 saturated carbocycles. The molecule has 1 heterocycles. The number of nitrogens with zero attached hydrogens (tertiary/aromatic N) is 1. The predicted octanol–water partition coefficient (Wildman–Crippen LogP) is 5.25. The molecule has 3 nitrogen and oxygen atoms in total. The SMILES string of the molecule is C[C@@](Cc1nc2ccccc2s1)(C(=O)NC1CCCCC1)c1ccccc1. The number of rotatable bonds is 5. The molecule has 4 heteroatoms. The van der Waals surface area contributed by atoms with Crippen LogP contribution in [-0.4, -0.2) is 16.9 Å². The lowest BCUT2D eigenvalue weighted by Crippen LogP contribution is -2.48. The lowest BCUT2D eigenvalue weighted by Gasteiger charge is -2.32. The van der Waals surface area contributed by atoms with E-state index in [1.165, 1.54) is 24.0 Å². The van der Waals surface area contributed by atoms with Crippen molar-refractivity contribution in [1.82, 2.24) is 10.3 Å². The number of fused-ring (bicyclic) bond motifs is 1. The van der Waals surface area contributed by atoms with Crippen molar-refractivity contribution in [3.05, 3.63) is 65.2 Å². The van der Waals surface area contributed by atoms with E-state index in [1.54, 1.807) is 11.3 Å². The van der Waals surface area contributed by atoms with Crippen LogP contribution < -0.4 is 5.32 Å². The van der Waals surface area contributed by atoms with Gasteiger partial charge in [0.1, 0.15) is 0 Å². The van der Waals surface area contributed by atoms with E-state index in [0.717, 1.165) is 28.9 Å². The molecule has 0 radical (unpaired) electrons. The minimum Gasteiger partial charge on any atom is -0.353 e. The molecule has 1 aliphatic rings. The molecule has 1 amide bonds. The van der Waals surface area contributed by atoms with Crippen LogP contribution in [0.25, 0.3) is 10.2 Å². The van der Waals surface area contributed by atoms with Crippen LogP contribution in [0, 0.1) is 0 Å². The molecule has 0 spiro atoms. The van der Waals surface area contributed by atoms with Crippen LogP contribution in [0.15, 0.2) is 54.6 Å². The van der Waals surface area contributed by atoms with Crippen molar-refractivity contribution < 1.29 is 4.79 Å². The van der Waals surface area contributed by atoms with Gasteiger partial charge in [0.15, 0.2) is 0 Å². The second-order valence-corrected chi connectivity index (χ2v) is 8.87. The smallest absolute Gasteiger partial charge is 0.231 e. The van der Waals surface area contributed by atoms with Crippen molar-refractivity contribution in [3.63, 3.8) is 0 Å². The number of carbonyl (C=O) groups excluding carboxylic acids is 1. The van der Waals surface area contributed by atoms with Gasteiger partial charge in [0.2, 0.25) is 5.91 Å². The van der Waals surface area contributed by atoms with E-state index in [4.69, 9.17) is 4.98 Å². The summed E-state index contributed by atoms with van der Waals surface area (Å²) in [5, 5.41) is 4.37. The van der Waals surface area contributed by atoms with Gasteiger partial charge in [-0.3, -0.25) is 4.79 Å². The topological polar surface area (TPSA) is 42.0 Å². The molecule has 140 valence electrons. The second-order valence-electron chi connectivity index (χ2n) is 7.76. The molecule has 1 fully saturated rings. The maximum atomic E-state index is 13.4. The van der Waals surface area contributed by atoms with Crippen LogP contribution in [0.5, 0.6) is 0 Å². The molecule has 0 saturated heterocycles. The first-order valence-electron chi connectivity index (χ1n) is 9.86. The number of hydrogen-bond acceptors (Lipinski definition) is 3. The van der Waals surface area contributed by atoms with Gasteiger partial charge in [-0.2, -0.15) is 0 Å². The van der Waals surface area contributed by atoms with Gasteiger partial charge in [-0.15, -0.1) is 11.3 Å². The van der Waals surface area contributed by atoms with Crippen molar-refractivity contribution in [1.29, 1.82) is 0 Å². The van der Waals surface area contributed by atoms with Crippen LogP contribution in [-0.2, 0) is 16.6 Å². The van der Waals surface area contributed by atoms with Gasteiger partial charge >= 0.3 is 0 Å². The van der Waals surface area contributed by atoms with Crippen LogP contribution >= 0.6 is 11.3 Å². The fourth-order valence-electron chi connectivity index (χ4n) is 4.01. The molecule has 0 aliphatic heterocycles. The Balaban J connectivity index is 1.64. The quantitative estimate of drug-likeness (QED) is 0.659. The van der Waals surface area contributed by atoms with Crippen LogP contribution in [0.1, 0.15) is 49.6 Å². The van der Waals surface area contributed by atoms with E-state index in [-0.39, 0.29) is 5.91 Å². The Bertz CT molecular complexity index is 881. The summed E-state index contributed by atoms with van der Waals surface area (Å²) in [6.45, 7) is 2.06. The zero-order valence-corrected chi connectivity index (χ0v) is 16.6. The third-order valence-corrected chi connectivity index (χ3v) is 6.73. The first kappa shape index (κ1) is 18.2. The summed E-state index contributed by atoms with van der Waals surface area (Å²) in [4.78, 5) is 18.2. The van der Waals surface area contributed by atoms with E-state index in [9.17, 15) is 4.79 Å². The molecule has 27 heavy (non-hydrogen) atoms. The number of carbonyl (C=O) groups is 1. The van der Waals surface area contributed by atoms with Gasteiger partial charge in [-0.25, -0.2) is 4.98 Å². The van der Waals surface area contributed by atoms with E-state index < -0.39 is 5.41 Å². The van der Waals surface area contributed by atoms with E-state index in [2.05, 4.69) is 30.4 Å². The Kier molecular flexibility index (Phi) is 5.26. The second kappa shape index (κ2) is 7.81. The third-order valence-electron chi connectivity index (χ3n) is 5.70. The molecule has 1 aromatic heterocycles. The third kappa shape index (κ3) is 3.91. The van der Waals surface area contributed by atoms with Gasteiger partial charge in [0.05, 0.1) is 20.6 Å². The number of hydrogen-bond donors (Lipinski definition) is 1. The van der Waals surface area contributed by atoms with Gasteiger partial charge in [-0.05, 0) is 37.5 Å². The summed E-state index contributed by atoms with van der Waals surface area (Å²) in [7, 11) is 0. The van der Waals surface area contributed by atoms with Gasteiger partial charge < -0.3 is 5.32 Å². The summed E-state index contributed by atoms with van der Waals surface area (Å²) in [6.07, 6.45) is 6.52. The summed E-state index contributed by atoms with van der Waals surface area (Å²) >= 11 is 1.69. The number of aromatic nitrogens is 1. The molecular formula is C23H26N2OS. The molecule has 1 atom stereocenters. The van der Waals surface area contributed by atoms with E-state index in [0.29, 0.717) is 12.5 Å². The molecule has 1 aliphatic carbocycles. The Morgan fingerprint density at radius 3 is 2.52 bits per heavy atom. The highest BCUT2D eigenvalue weighted by atomic mass is 32.1. The number of nitrogens with one attached hydrogen (secondary N) is 1. The Morgan fingerprint density at radius 1 is 1.07 bits per heavy atom. The molecule has 0 unspecified atom stereocenters. The highest BCUT2D eigenvalue weighted by Crippen LogP contribution is 2.33. The normalized spacial score (nSPS) is 17.5. The maximum Gasteiger partial charge on any atom is 0.231 e. The van der Waals surface area contributed by atoms with E-state index in [1.807, 2.05) is 36.4 Å². The zero-order chi connectivity index (χ0) is 18.7. The van der Waals surface area contributed by atoms with Crippen molar-refractivity contribution in [2.24, 2.45) is 0 Å². The number of benzene rings is 2. The molecule has 0 bridgehead atoms. The van der Waals surface area contributed by atoms with Gasteiger partial charge in [0.25, 0.3) is 0 Å². The van der Waals surface area contributed by atoms with Crippen molar-refractivity contribution >= 4 is 27.5 Å². The maximum absolute atomic E-state index is 13.4. The van der Waals surface area contributed by atoms with Crippen LogP contribution in [0.2, 0.25) is 0 Å². The Labute approximate surface area is 164 Å². The Hall–Kier alpha value is -2.20. The first-order chi connectivity index (χ1) is 13.1. The summed E-state index contributed by atoms with van der Waals surface area (Å²) in [5.41, 5.74) is 1.45. The van der Waals surface area contributed by atoms with E-state index >= 15 is 0 Å². The lowest BCUT2D eigenvalue weighted by atomic mass is 9.78. The monoisotopic (exact) mass is 378 g/mol. The molecule has 1 N–H and O–H groups in total. The fourth-order valence-corrected chi connectivity index (χ4v) is 5.13. The average molecular weight is 379 g/mol. The Morgan fingerprint density at radius 2 is 1.78 bits per heavy atom. The van der Waals surface area contributed by atoms with Crippen molar-refractivity contribution in [2.75, 3.05) is 0 Å². The molecule has 2 aromatic carbocycles. The van der Waals surface area contributed by atoms with Crippen molar-refractivity contribution in [3.8, 4) is 0 Å². The van der Waals surface area contributed by atoms with Gasteiger partial charge in [0, 0.05) is 12.5 Å². The summed E-state index contributed by atoms with van der Waals surface area (Å²) < 4.78 is 1.18. The highest BCUT2D eigenvalue weighted by molar-refractivity contribution is 7.18. The largest absolute Gasteiger partial charge is 0.353 e. The van der Waals surface area contributed by atoms with Crippen LogP contribution in [0.4, 0.5) is 0 Å². The average Bonchev–Trinajstić information content (AvgIpc) is 3.11. The number of para-hydroxylation sites is 1. The van der Waals surface area contributed by atoms with Gasteiger partial charge in [-0.1, -0.05) is 61.7 Å². The summed E-state index contributed by atoms with van der Waals surface area (Å²) in [5.74, 6) is 0.125. The standard InChI is InChI=1S/C23H26N2OS/c1-23(17-10-4-2-5-11-17,22(26)24-18-12-6-3-7-13-18)16-21-25-19-14-8-9-15-20(19)27-21/h2,4-5,8-11,14-15,18H,3,6-7,12-13,16H2,1H3,(H,24,26)/t23-/m0/s1. The van der Waals surface area contributed by atoms with Crippen molar-refractivity contribution in [2.45, 2.75) is 56.9 Å². The number of amides is 1. The molecule has 3 aromatic rings. The highest BCUT2D eigenvalue weighted by Gasteiger charge is 2.37. The molecule has 4 rings (SSSR count).